The number of carbonyl (C=O) groups is 3. The van der Waals surface area contributed by atoms with Gasteiger partial charge >= 0.3 is 5.97 Å². The van der Waals surface area contributed by atoms with E-state index in [1.54, 1.807) is 61.5 Å². The van der Waals surface area contributed by atoms with Crippen LogP contribution in [0.5, 0.6) is 11.5 Å². The quantitative estimate of drug-likeness (QED) is 0.378. The highest BCUT2D eigenvalue weighted by atomic mass is 16.5. The third-order valence-electron chi connectivity index (χ3n) is 6.54. The van der Waals surface area contributed by atoms with E-state index in [4.69, 9.17) is 18.6 Å². The fraction of sp³-hybridized carbons (Fsp3) is 0.345. The van der Waals surface area contributed by atoms with Crippen molar-refractivity contribution >= 4 is 23.5 Å². The predicted octanol–water partition coefficient (Wildman–Crippen LogP) is 4.92. The zero-order valence-corrected chi connectivity index (χ0v) is 21.8. The van der Waals surface area contributed by atoms with E-state index in [2.05, 4.69) is 5.32 Å². The predicted molar refractivity (Wildman–Crippen MR) is 141 cm³/mol. The van der Waals surface area contributed by atoms with Crippen LogP contribution in [-0.2, 0) is 9.53 Å². The molecule has 3 aromatic rings. The van der Waals surface area contributed by atoms with E-state index in [9.17, 15) is 14.4 Å². The molecule has 1 heterocycles. The number of anilines is 1. The molecule has 1 aliphatic carbocycles. The van der Waals surface area contributed by atoms with E-state index < -0.39 is 17.9 Å². The third kappa shape index (κ3) is 5.82. The first-order valence-electron chi connectivity index (χ1n) is 12.6. The van der Waals surface area contributed by atoms with Crippen molar-refractivity contribution in [3.05, 3.63) is 77.7 Å². The fourth-order valence-electron chi connectivity index (χ4n) is 4.67. The minimum absolute atomic E-state index is 0.0249. The zero-order chi connectivity index (χ0) is 27.1. The number of hydrogen-bond acceptors (Lipinski definition) is 7. The lowest BCUT2D eigenvalue weighted by Crippen LogP contribution is -2.46. The molecule has 2 aromatic carbocycles. The number of nitrogens with one attached hydrogen (secondary N) is 1. The Kier molecular flexibility index (Phi) is 8.68. The van der Waals surface area contributed by atoms with Gasteiger partial charge < -0.3 is 23.9 Å². The van der Waals surface area contributed by atoms with Crippen LogP contribution in [0, 0.1) is 0 Å². The van der Waals surface area contributed by atoms with Gasteiger partial charge in [0.2, 0.25) is 5.91 Å². The highest BCUT2D eigenvalue weighted by Gasteiger charge is 2.36. The average Bonchev–Trinajstić information content (AvgIpc) is 3.66. The Hall–Kier alpha value is -4.27. The van der Waals surface area contributed by atoms with Crippen LogP contribution in [-0.4, -0.2) is 44.7 Å². The Morgan fingerprint density at radius 3 is 2.32 bits per heavy atom. The summed E-state index contributed by atoms with van der Waals surface area (Å²) in [6, 6.07) is 13.6. The molecular formula is C29H32N2O7. The molecule has 1 N–H and O–H groups in total. The van der Waals surface area contributed by atoms with Gasteiger partial charge in [0.15, 0.2) is 17.3 Å². The summed E-state index contributed by atoms with van der Waals surface area (Å²) >= 11 is 0. The first-order valence-corrected chi connectivity index (χ1v) is 12.6. The SMILES string of the molecule is CCOC(=O)c1ccc(N(C(=O)c2ccco2)C(C(=O)NC2CCCC2)c2ccc(OC)c(OC)c2)cc1. The Labute approximate surface area is 221 Å². The van der Waals surface area contributed by atoms with Crippen LogP contribution in [0.25, 0.3) is 0 Å². The first kappa shape index (κ1) is 26.8. The van der Waals surface area contributed by atoms with E-state index in [1.165, 1.54) is 25.4 Å². The maximum Gasteiger partial charge on any atom is 0.338 e. The van der Waals surface area contributed by atoms with E-state index in [1.807, 2.05) is 0 Å². The molecule has 1 aromatic heterocycles. The monoisotopic (exact) mass is 520 g/mol. The minimum atomic E-state index is -1.07. The molecule has 0 bridgehead atoms. The summed E-state index contributed by atoms with van der Waals surface area (Å²) in [5.41, 5.74) is 1.26. The highest BCUT2D eigenvalue weighted by molar-refractivity contribution is 6.09. The number of ether oxygens (including phenoxy) is 3. The van der Waals surface area contributed by atoms with Gasteiger partial charge in [-0.25, -0.2) is 4.79 Å². The number of methoxy groups -OCH3 is 2. The van der Waals surface area contributed by atoms with Crippen molar-refractivity contribution in [3.8, 4) is 11.5 Å². The molecule has 38 heavy (non-hydrogen) atoms. The van der Waals surface area contributed by atoms with Crippen LogP contribution in [0.2, 0.25) is 0 Å². The summed E-state index contributed by atoms with van der Waals surface area (Å²) in [4.78, 5) is 41.4. The standard InChI is InChI=1S/C29H32N2O7/c1-4-37-29(34)19-11-14-22(15-12-19)31(28(33)24-10-7-17-38-24)26(27(32)30-21-8-5-6-9-21)20-13-16-23(35-2)25(18-20)36-3/h7,10-18,21,26H,4-6,8-9H2,1-3H3,(H,30,32). The Morgan fingerprint density at radius 2 is 1.71 bits per heavy atom. The fourth-order valence-corrected chi connectivity index (χ4v) is 4.67. The number of furan rings is 1. The topological polar surface area (TPSA) is 107 Å². The summed E-state index contributed by atoms with van der Waals surface area (Å²) in [5.74, 6) is -0.337. The summed E-state index contributed by atoms with van der Waals surface area (Å²) in [5, 5.41) is 3.13. The second-order valence-corrected chi connectivity index (χ2v) is 8.93. The third-order valence-corrected chi connectivity index (χ3v) is 6.54. The van der Waals surface area contributed by atoms with E-state index in [0.29, 0.717) is 28.3 Å². The summed E-state index contributed by atoms with van der Waals surface area (Å²) in [7, 11) is 3.04. The molecule has 0 radical (unpaired) electrons. The number of benzene rings is 2. The van der Waals surface area contributed by atoms with Gasteiger partial charge in [0.1, 0.15) is 6.04 Å². The lowest BCUT2D eigenvalue weighted by Gasteiger charge is -2.32. The number of carbonyl (C=O) groups excluding carboxylic acids is 3. The van der Waals surface area contributed by atoms with Crippen LogP contribution >= 0.6 is 0 Å². The maximum atomic E-state index is 13.9. The van der Waals surface area contributed by atoms with Gasteiger partial charge in [0.25, 0.3) is 5.91 Å². The number of nitrogens with zero attached hydrogens (tertiary/aromatic N) is 1. The number of rotatable bonds is 10. The molecule has 9 heteroatoms. The molecule has 1 saturated carbocycles. The van der Waals surface area contributed by atoms with Crippen molar-refractivity contribution in [2.24, 2.45) is 0 Å². The van der Waals surface area contributed by atoms with Gasteiger partial charge in [0.05, 0.1) is 32.7 Å². The van der Waals surface area contributed by atoms with Crippen LogP contribution < -0.4 is 19.7 Å². The van der Waals surface area contributed by atoms with Crippen LogP contribution in [0.15, 0.2) is 65.3 Å². The lowest BCUT2D eigenvalue weighted by molar-refractivity contribution is -0.123. The molecule has 0 saturated heterocycles. The van der Waals surface area contributed by atoms with Crippen molar-refractivity contribution in [3.63, 3.8) is 0 Å². The second-order valence-electron chi connectivity index (χ2n) is 8.93. The highest BCUT2D eigenvalue weighted by Crippen LogP contribution is 2.36. The average molecular weight is 521 g/mol. The molecule has 9 nitrogen and oxygen atoms in total. The van der Waals surface area contributed by atoms with E-state index >= 15 is 0 Å². The summed E-state index contributed by atoms with van der Waals surface area (Å²) in [6.45, 7) is 1.97. The number of amides is 2. The summed E-state index contributed by atoms with van der Waals surface area (Å²) in [6.07, 6.45) is 5.24. The van der Waals surface area contributed by atoms with Crippen molar-refractivity contribution < 1.29 is 33.0 Å². The van der Waals surface area contributed by atoms with Gasteiger partial charge in [-0.2, -0.15) is 0 Å². The van der Waals surface area contributed by atoms with Crippen molar-refractivity contribution in [2.45, 2.75) is 44.7 Å². The van der Waals surface area contributed by atoms with Crippen molar-refractivity contribution in [1.82, 2.24) is 5.32 Å². The molecule has 1 fully saturated rings. The molecule has 2 amide bonds. The molecule has 1 unspecified atom stereocenters. The molecule has 1 aliphatic rings. The molecule has 200 valence electrons. The minimum Gasteiger partial charge on any atom is -0.493 e. The van der Waals surface area contributed by atoms with Gasteiger partial charge in [-0.15, -0.1) is 0 Å². The van der Waals surface area contributed by atoms with Gasteiger partial charge in [-0.05, 0) is 73.9 Å². The largest absolute Gasteiger partial charge is 0.493 e. The van der Waals surface area contributed by atoms with Crippen LogP contribution in [0.4, 0.5) is 5.69 Å². The van der Waals surface area contributed by atoms with Crippen LogP contribution in [0.1, 0.15) is 65.1 Å². The number of esters is 1. The summed E-state index contributed by atoms with van der Waals surface area (Å²) < 4.78 is 21.4. The van der Waals surface area contributed by atoms with Gasteiger partial charge in [-0.1, -0.05) is 18.9 Å². The molecule has 0 spiro atoms. The van der Waals surface area contributed by atoms with Gasteiger partial charge in [-0.3, -0.25) is 14.5 Å². The molecule has 1 atom stereocenters. The lowest BCUT2D eigenvalue weighted by atomic mass is 10.0. The van der Waals surface area contributed by atoms with Crippen molar-refractivity contribution in [1.29, 1.82) is 0 Å². The Balaban J connectivity index is 1.82. The maximum absolute atomic E-state index is 13.9. The van der Waals surface area contributed by atoms with E-state index in [-0.39, 0.29) is 24.3 Å². The molecule has 0 aliphatic heterocycles. The van der Waals surface area contributed by atoms with Gasteiger partial charge in [0, 0.05) is 11.7 Å². The molecular weight excluding hydrogens is 488 g/mol. The zero-order valence-electron chi connectivity index (χ0n) is 21.8. The molecule has 4 rings (SSSR count). The van der Waals surface area contributed by atoms with E-state index in [0.717, 1.165) is 25.7 Å². The Bertz CT molecular complexity index is 1250. The van der Waals surface area contributed by atoms with Crippen molar-refractivity contribution in [2.75, 3.05) is 25.7 Å². The second kappa shape index (κ2) is 12.3. The normalized spacial score (nSPS) is 14.0. The van der Waals surface area contributed by atoms with Crippen LogP contribution in [0.3, 0.4) is 0 Å². The number of hydrogen-bond donors (Lipinski definition) is 1. The first-order chi connectivity index (χ1) is 18.5. The smallest absolute Gasteiger partial charge is 0.338 e. The Morgan fingerprint density at radius 1 is 1.00 bits per heavy atom.